The lowest BCUT2D eigenvalue weighted by molar-refractivity contribution is 0.0600. The van der Waals surface area contributed by atoms with Gasteiger partial charge in [-0.3, -0.25) is 0 Å². The Balaban J connectivity index is 1.80. The predicted molar refractivity (Wildman–Crippen MR) is 150 cm³/mol. The predicted octanol–water partition coefficient (Wildman–Crippen LogP) is 7.05. The molecule has 0 amide bonds. The highest BCUT2D eigenvalue weighted by molar-refractivity contribution is 7.70. The summed E-state index contributed by atoms with van der Waals surface area (Å²) in [5.41, 5.74) is 5.04. The van der Waals surface area contributed by atoms with E-state index in [9.17, 15) is 13.8 Å². The lowest BCUT2D eigenvalue weighted by Crippen LogP contribution is -2.17. The molecular formula is C31H27FNO4P. The van der Waals surface area contributed by atoms with Crippen molar-refractivity contribution in [2.45, 2.75) is 6.61 Å². The van der Waals surface area contributed by atoms with Crippen LogP contribution in [0, 0.1) is 5.82 Å². The molecule has 0 N–H and O–H groups in total. The van der Waals surface area contributed by atoms with E-state index in [0.717, 1.165) is 27.6 Å². The van der Waals surface area contributed by atoms with Crippen LogP contribution in [0.15, 0.2) is 97.1 Å². The van der Waals surface area contributed by atoms with Crippen LogP contribution in [0.4, 0.5) is 4.39 Å². The summed E-state index contributed by atoms with van der Waals surface area (Å²) in [4.78, 5) is 12.1. The average molecular weight is 528 g/mol. The molecule has 0 fully saturated rings. The molecule has 0 saturated heterocycles. The van der Waals surface area contributed by atoms with E-state index in [2.05, 4.69) is 0 Å². The molecule has 1 heterocycles. The van der Waals surface area contributed by atoms with Crippen molar-refractivity contribution in [3.8, 4) is 22.6 Å². The van der Waals surface area contributed by atoms with Crippen molar-refractivity contribution in [1.29, 1.82) is 0 Å². The van der Waals surface area contributed by atoms with Crippen LogP contribution in [0.25, 0.3) is 27.7 Å². The number of carbonyl (C=O) groups is 1. The third-order valence-electron chi connectivity index (χ3n) is 6.36. The van der Waals surface area contributed by atoms with Gasteiger partial charge in [0.1, 0.15) is 25.3 Å². The Bertz CT molecular complexity index is 1650. The molecule has 0 spiro atoms. The average Bonchev–Trinajstić information content (AvgIpc) is 3.29. The number of ether oxygens (including phenoxy) is 2. The quantitative estimate of drug-likeness (QED) is 0.168. The van der Waals surface area contributed by atoms with E-state index >= 15 is 0 Å². The van der Waals surface area contributed by atoms with Gasteiger partial charge in [0.25, 0.3) is 0 Å². The Morgan fingerprint density at radius 3 is 2.18 bits per heavy atom. The Kier molecular flexibility index (Phi) is 6.92. The van der Waals surface area contributed by atoms with Crippen LogP contribution in [0.1, 0.15) is 15.9 Å². The molecule has 5 nitrogen and oxygen atoms in total. The Labute approximate surface area is 220 Å². The number of nitrogens with zero attached hydrogens (tertiary/aromatic N) is 1. The van der Waals surface area contributed by atoms with Gasteiger partial charge in [-0.05, 0) is 73.0 Å². The van der Waals surface area contributed by atoms with Gasteiger partial charge >= 0.3 is 5.97 Å². The summed E-state index contributed by atoms with van der Waals surface area (Å²) < 4.78 is 40.9. The highest BCUT2D eigenvalue weighted by atomic mass is 31.2. The fraction of sp³-hybridized carbons (Fsp3) is 0.129. The smallest absolute Gasteiger partial charge is 0.337 e. The van der Waals surface area contributed by atoms with Crippen LogP contribution >= 0.6 is 7.14 Å². The number of aromatic nitrogens is 1. The first-order valence-electron chi connectivity index (χ1n) is 12.1. The fourth-order valence-electron chi connectivity index (χ4n) is 4.68. The fourth-order valence-corrected chi connectivity index (χ4v) is 6.16. The largest absolute Gasteiger partial charge is 0.488 e. The zero-order valence-corrected chi connectivity index (χ0v) is 22.2. The van der Waals surface area contributed by atoms with Gasteiger partial charge in [-0.15, -0.1) is 0 Å². The van der Waals surface area contributed by atoms with E-state index in [4.69, 9.17) is 9.47 Å². The molecule has 4 aromatic carbocycles. The minimum absolute atomic E-state index is 0.353. The van der Waals surface area contributed by atoms with Crippen molar-refractivity contribution in [2.24, 2.45) is 0 Å². The molecule has 0 unspecified atom stereocenters. The number of hydrogen-bond donors (Lipinski definition) is 0. The van der Waals surface area contributed by atoms with Gasteiger partial charge in [-0.25, -0.2) is 9.18 Å². The molecule has 0 saturated carbocycles. The van der Waals surface area contributed by atoms with Gasteiger partial charge in [0.2, 0.25) is 0 Å². The Morgan fingerprint density at radius 2 is 1.55 bits per heavy atom. The lowest BCUT2D eigenvalue weighted by atomic mass is 10.0. The van der Waals surface area contributed by atoms with Crippen LogP contribution in [-0.2, 0) is 15.9 Å². The third-order valence-corrected chi connectivity index (χ3v) is 7.80. The number of methoxy groups -OCH3 is 1. The van der Waals surface area contributed by atoms with E-state index in [-0.39, 0.29) is 5.82 Å². The van der Waals surface area contributed by atoms with Crippen LogP contribution < -0.4 is 10.2 Å². The molecule has 0 aliphatic heterocycles. The summed E-state index contributed by atoms with van der Waals surface area (Å²) in [6.07, 6.45) is 0. The number of fused-ring (bicyclic) bond motifs is 1. The van der Waals surface area contributed by atoms with Gasteiger partial charge in [-0.2, -0.15) is 0 Å². The van der Waals surface area contributed by atoms with Gasteiger partial charge < -0.3 is 18.6 Å². The van der Waals surface area contributed by atoms with Gasteiger partial charge in [0.15, 0.2) is 0 Å². The van der Waals surface area contributed by atoms with Crippen molar-refractivity contribution in [3.63, 3.8) is 0 Å². The number of esters is 1. The second-order valence-electron chi connectivity index (χ2n) is 9.35. The van der Waals surface area contributed by atoms with Crippen LogP contribution in [0.5, 0.6) is 5.75 Å². The maximum absolute atomic E-state index is 13.9. The van der Waals surface area contributed by atoms with Crippen molar-refractivity contribution in [3.05, 3.63) is 114 Å². The molecule has 0 aliphatic rings. The lowest BCUT2D eigenvalue weighted by Gasteiger charge is -2.16. The highest BCUT2D eigenvalue weighted by Gasteiger charge is 2.29. The molecular weight excluding hydrogens is 500 g/mol. The summed E-state index contributed by atoms with van der Waals surface area (Å²) >= 11 is 0. The molecule has 192 valence electrons. The number of carbonyl (C=O) groups excluding carboxylic acids is 1. The summed E-state index contributed by atoms with van der Waals surface area (Å²) in [5.74, 6) is -0.156. The minimum atomic E-state index is -2.92. The Morgan fingerprint density at radius 1 is 0.868 bits per heavy atom. The van der Waals surface area contributed by atoms with Gasteiger partial charge in [0.05, 0.1) is 29.0 Å². The topological polar surface area (TPSA) is 57.5 Å². The molecule has 38 heavy (non-hydrogen) atoms. The number of benzene rings is 4. The first-order valence-corrected chi connectivity index (χ1v) is 14.7. The van der Waals surface area contributed by atoms with Crippen LogP contribution in [0.3, 0.4) is 0 Å². The molecule has 0 radical (unpaired) electrons. The monoisotopic (exact) mass is 527 g/mol. The molecule has 0 bridgehead atoms. The van der Waals surface area contributed by atoms with Crippen LogP contribution in [-0.4, -0.2) is 31.0 Å². The minimum Gasteiger partial charge on any atom is -0.488 e. The first-order chi connectivity index (χ1) is 18.3. The Hall–Kier alpha value is -4.15. The normalized spacial score (nSPS) is 11.5. The first kappa shape index (κ1) is 25.5. The number of hydrogen-bond acceptors (Lipinski definition) is 4. The highest BCUT2D eigenvalue weighted by Crippen LogP contribution is 2.47. The third kappa shape index (κ3) is 4.88. The maximum Gasteiger partial charge on any atom is 0.337 e. The van der Waals surface area contributed by atoms with Gasteiger partial charge in [0, 0.05) is 11.3 Å². The molecule has 0 atom stereocenters. The van der Waals surface area contributed by atoms with E-state index in [1.807, 2.05) is 65.2 Å². The molecule has 5 aromatic rings. The molecule has 1 aromatic heterocycles. The molecule has 0 aliphatic carbocycles. The van der Waals surface area contributed by atoms with Crippen molar-refractivity contribution in [2.75, 3.05) is 20.4 Å². The SMILES string of the molecule is COC(=O)c1ccc(-c2c(P(C)(C)=O)n(-c3ccc(F)cc3)c3cccc(OCc4ccccc4)c23)cc1. The maximum atomic E-state index is 13.9. The zero-order valence-electron chi connectivity index (χ0n) is 21.4. The van der Waals surface area contributed by atoms with Crippen molar-refractivity contribution in [1.82, 2.24) is 4.57 Å². The summed E-state index contributed by atoms with van der Waals surface area (Å²) in [5, 5.41) is 0.789. The summed E-state index contributed by atoms with van der Waals surface area (Å²) in [6.45, 7) is 3.80. The van der Waals surface area contributed by atoms with Crippen LogP contribution in [0.2, 0.25) is 0 Å². The molecule has 5 rings (SSSR count). The van der Waals surface area contributed by atoms with E-state index < -0.39 is 13.1 Å². The summed E-state index contributed by atoms with van der Waals surface area (Å²) in [6, 6.07) is 28.8. The van der Waals surface area contributed by atoms with E-state index in [1.54, 1.807) is 37.6 Å². The standard InChI is InChI=1S/C31H27FNO4P/c1-36-31(34)23-14-12-22(13-15-23)28-29-26(10-7-11-27(29)37-20-21-8-5-4-6-9-21)33(30(28)38(2,3)35)25-18-16-24(32)17-19-25/h4-19H,20H2,1-3H3. The van der Waals surface area contributed by atoms with Gasteiger partial charge in [-0.1, -0.05) is 48.5 Å². The van der Waals surface area contributed by atoms with Crippen molar-refractivity contribution >= 4 is 29.4 Å². The second-order valence-corrected chi connectivity index (χ2v) is 12.5. The summed E-state index contributed by atoms with van der Waals surface area (Å²) in [7, 11) is -1.58. The van der Waals surface area contributed by atoms with Crippen molar-refractivity contribution < 1.29 is 23.2 Å². The van der Waals surface area contributed by atoms with E-state index in [0.29, 0.717) is 29.0 Å². The van der Waals surface area contributed by atoms with E-state index in [1.165, 1.54) is 19.2 Å². The molecule has 7 heteroatoms. The number of rotatable bonds is 7. The zero-order chi connectivity index (χ0) is 26.9. The second kappa shape index (κ2) is 10.3. The number of halogens is 1.